The smallest absolute Gasteiger partial charge is 0.151 e. The van der Waals surface area contributed by atoms with Crippen LogP contribution in [0.15, 0.2) is 0 Å². The first kappa shape index (κ1) is 13.3. The fourth-order valence-corrected chi connectivity index (χ4v) is 5.04. The predicted octanol–water partition coefficient (Wildman–Crippen LogP) is 2.12. The first-order chi connectivity index (χ1) is 8.11. The highest BCUT2D eigenvalue weighted by atomic mass is 32.2. The van der Waals surface area contributed by atoms with Crippen molar-refractivity contribution in [3.63, 3.8) is 0 Å². The van der Waals surface area contributed by atoms with Gasteiger partial charge in [-0.2, -0.15) is 0 Å². The molecule has 2 atom stereocenters. The Bertz CT molecular complexity index is 333. The van der Waals surface area contributed by atoms with Gasteiger partial charge in [0.15, 0.2) is 9.84 Å². The van der Waals surface area contributed by atoms with Gasteiger partial charge in [0, 0.05) is 12.1 Å². The number of hydrogen-bond acceptors (Lipinski definition) is 3. The lowest BCUT2D eigenvalue weighted by Crippen LogP contribution is -2.43. The van der Waals surface area contributed by atoms with Crippen molar-refractivity contribution in [1.29, 1.82) is 0 Å². The summed E-state index contributed by atoms with van der Waals surface area (Å²) in [6.07, 6.45) is 8.67. The topological polar surface area (TPSA) is 46.2 Å². The first-order valence-corrected chi connectivity index (χ1v) is 8.89. The maximum absolute atomic E-state index is 11.4. The van der Waals surface area contributed by atoms with Crippen LogP contribution >= 0.6 is 0 Å². The third-order valence-electron chi connectivity index (χ3n) is 4.34. The van der Waals surface area contributed by atoms with Crippen LogP contribution in [0.3, 0.4) is 0 Å². The average molecular weight is 259 g/mol. The number of hydrogen-bond donors (Lipinski definition) is 1. The van der Waals surface area contributed by atoms with Crippen molar-refractivity contribution < 1.29 is 8.42 Å². The van der Waals surface area contributed by atoms with Crippen molar-refractivity contribution >= 4 is 9.84 Å². The van der Waals surface area contributed by atoms with E-state index >= 15 is 0 Å². The number of nitrogens with one attached hydrogen (secondary N) is 1. The lowest BCUT2D eigenvalue weighted by atomic mass is 9.82. The van der Waals surface area contributed by atoms with E-state index in [1.54, 1.807) is 0 Å². The normalized spacial score (nSPS) is 31.5. The molecule has 1 N–H and O–H groups in total. The summed E-state index contributed by atoms with van der Waals surface area (Å²) in [5.41, 5.74) is 0. The SMILES string of the molecule is CCC(NC1CCS(=O)(=O)C1)C1CCCCC1. The number of rotatable bonds is 4. The van der Waals surface area contributed by atoms with Crippen molar-refractivity contribution in [3.05, 3.63) is 0 Å². The molecule has 2 rings (SSSR count). The highest BCUT2D eigenvalue weighted by molar-refractivity contribution is 7.91. The quantitative estimate of drug-likeness (QED) is 0.841. The average Bonchev–Trinajstić information content (AvgIpc) is 2.67. The summed E-state index contributed by atoms with van der Waals surface area (Å²) in [5, 5.41) is 3.61. The van der Waals surface area contributed by atoms with Crippen molar-refractivity contribution in [2.75, 3.05) is 11.5 Å². The molecule has 2 aliphatic rings. The lowest BCUT2D eigenvalue weighted by molar-refractivity contribution is 0.249. The Labute approximate surface area is 105 Å². The van der Waals surface area contributed by atoms with Crippen LogP contribution in [0.2, 0.25) is 0 Å². The van der Waals surface area contributed by atoms with Crippen LogP contribution in [-0.4, -0.2) is 32.0 Å². The van der Waals surface area contributed by atoms with Crippen LogP contribution in [0.4, 0.5) is 0 Å². The molecule has 0 radical (unpaired) electrons. The second-order valence-electron chi connectivity index (χ2n) is 5.68. The maximum atomic E-state index is 11.4. The van der Waals surface area contributed by atoms with E-state index in [9.17, 15) is 8.42 Å². The van der Waals surface area contributed by atoms with Gasteiger partial charge in [0.1, 0.15) is 0 Å². The summed E-state index contributed by atoms with van der Waals surface area (Å²) < 4.78 is 22.9. The van der Waals surface area contributed by atoms with Crippen LogP contribution < -0.4 is 5.32 Å². The molecule has 0 spiro atoms. The Balaban J connectivity index is 1.87. The van der Waals surface area contributed by atoms with Gasteiger partial charge >= 0.3 is 0 Å². The Morgan fingerprint density at radius 2 is 1.88 bits per heavy atom. The molecule has 1 aliphatic heterocycles. The summed E-state index contributed by atoms with van der Waals surface area (Å²) in [5.74, 6) is 1.51. The third-order valence-corrected chi connectivity index (χ3v) is 6.11. The summed E-state index contributed by atoms with van der Waals surface area (Å²) in [6.45, 7) is 2.22. The van der Waals surface area contributed by atoms with Crippen LogP contribution in [-0.2, 0) is 9.84 Å². The minimum Gasteiger partial charge on any atom is -0.310 e. The van der Waals surface area contributed by atoms with Gasteiger partial charge in [-0.3, -0.25) is 0 Å². The van der Waals surface area contributed by atoms with E-state index in [-0.39, 0.29) is 6.04 Å². The Morgan fingerprint density at radius 1 is 1.18 bits per heavy atom. The molecule has 3 nitrogen and oxygen atoms in total. The fourth-order valence-electron chi connectivity index (χ4n) is 3.35. The zero-order valence-corrected chi connectivity index (χ0v) is 11.6. The van der Waals surface area contributed by atoms with Crippen molar-refractivity contribution in [1.82, 2.24) is 5.32 Å². The van der Waals surface area contributed by atoms with Crippen molar-refractivity contribution in [3.8, 4) is 0 Å². The van der Waals surface area contributed by atoms with Gasteiger partial charge in [-0.1, -0.05) is 26.2 Å². The number of sulfone groups is 1. The highest BCUT2D eigenvalue weighted by Gasteiger charge is 2.31. The van der Waals surface area contributed by atoms with Crippen LogP contribution in [0.1, 0.15) is 51.9 Å². The van der Waals surface area contributed by atoms with Gasteiger partial charge in [-0.15, -0.1) is 0 Å². The molecule has 17 heavy (non-hydrogen) atoms. The molecule has 1 saturated heterocycles. The monoisotopic (exact) mass is 259 g/mol. The Kier molecular flexibility index (Phi) is 4.47. The minimum atomic E-state index is -2.74. The molecular weight excluding hydrogens is 234 g/mol. The molecular formula is C13H25NO2S. The molecule has 2 unspecified atom stereocenters. The molecule has 1 saturated carbocycles. The molecule has 100 valence electrons. The molecule has 0 aromatic heterocycles. The molecule has 2 fully saturated rings. The highest BCUT2D eigenvalue weighted by Crippen LogP contribution is 2.28. The molecule has 0 aromatic carbocycles. The van der Waals surface area contributed by atoms with E-state index < -0.39 is 9.84 Å². The zero-order valence-electron chi connectivity index (χ0n) is 10.8. The summed E-state index contributed by atoms with van der Waals surface area (Å²) in [4.78, 5) is 0. The molecule has 0 bridgehead atoms. The molecule has 1 heterocycles. The largest absolute Gasteiger partial charge is 0.310 e. The van der Waals surface area contributed by atoms with Gasteiger partial charge < -0.3 is 5.32 Å². The molecule has 1 aliphatic carbocycles. The summed E-state index contributed by atoms with van der Waals surface area (Å²) in [7, 11) is -2.74. The van der Waals surface area contributed by atoms with Crippen LogP contribution in [0.25, 0.3) is 0 Å². The van der Waals surface area contributed by atoms with Crippen LogP contribution in [0.5, 0.6) is 0 Å². The molecule has 0 amide bonds. The van der Waals surface area contributed by atoms with E-state index in [2.05, 4.69) is 12.2 Å². The van der Waals surface area contributed by atoms with Crippen LogP contribution in [0, 0.1) is 5.92 Å². The Morgan fingerprint density at radius 3 is 2.41 bits per heavy atom. The fraction of sp³-hybridized carbons (Fsp3) is 1.00. The summed E-state index contributed by atoms with van der Waals surface area (Å²) >= 11 is 0. The van der Waals surface area contributed by atoms with E-state index in [1.807, 2.05) is 0 Å². The standard InChI is InChI=1S/C13H25NO2S/c1-2-13(11-6-4-3-5-7-11)14-12-8-9-17(15,16)10-12/h11-14H,2-10H2,1H3. The van der Waals surface area contributed by atoms with Gasteiger partial charge in [-0.05, 0) is 31.6 Å². The second-order valence-corrected chi connectivity index (χ2v) is 7.91. The van der Waals surface area contributed by atoms with E-state index in [4.69, 9.17) is 0 Å². The molecule has 4 heteroatoms. The predicted molar refractivity (Wildman–Crippen MR) is 70.8 cm³/mol. The van der Waals surface area contributed by atoms with Crippen molar-refractivity contribution in [2.45, 2.75) is 64.0 Å². The van der Waals surface area contributed by atoms with Gasteiger partial charge in [0.25, 0.3) is 0 Å². The van der Waals surface area contributed by atoms with Crippen molar-refractivity contribution in [2.24, 2.45) is 5.92 Å². The molecule has 0 aromatic rings. The third kappa shape index (κ3) is 3.68. The zero-order chi connectivity index (χ0) is 12.3. The van der Waals surface area contributed by atoms with E-state index in [0.29, 0.717) is 17.5 Å². The second kappa shape index (κ2) is 5.70. The van der Waals surface area contributed by atoms with Gasteiger partial charge in [0.05, 0.1) is 11.5 Å². The van der Waals surface area contributed by atoms with Gasteiger partial charge in [-0.25, -0.2) is 8.42 Å². The lowest BCUT2D eigenvalue weighted by Gasteiger charge is -2.32. The maximum Gasteiger partial charge on any atom is 0.151 e. The minimum absolute atomic E-state index is 0.215. The van der Waals surface area contributed by atoms with Gasteiger partial charge in [0.2, 0.25) is 0 Å². The van der Waals surface area contributed by atoms with E-state index in [0.717, 1.165) is 18.8 Å². The first-order valence-electron chi connectivity index (χ1n) is 7.07. The summed E-state index contributed by atoms with van der Waals surface area (Å²) in [6, 6.07) is 0.750. The van der Waals surface area contributed by atoms with E-state index in [1.165, 1.54) is 32.1 Å². The Hall–Kier alpha value is -0.0900.